The summed E-state index contributed by atoms with van der Waals surface area (Å²) in [5, 5.41) is 2.17. The molecule has 36 heavy (non-hydrogen) atoms. The number of primary amides is 1. The molecule has 15 heteroatoms. The Bertz CT molecular complexity index is 1330. The van der Waals surface area contributed by atoms with E-state index in [4.69, 9.17) is 5.73 Å². The predicted molar refractivity (Wildman–Crippen MR) is 118 cm³/mol. The molecule has 3 fully saturated rings. The number of piperazine rings is 1. The Kier molecular flexibility index (Phi) is 5.50. The first kappa shape index (κ1) is 24.1. The molecular formula is C21H16F6N6O2S. The van der Waals surface area contributed by atoms with Gasteiger partial charge in [-0.3, -0.25) is 4.79 Å². The van der Waals surface area contributed by atoms with Gasteiger partial charge >= 0.3 is 18.4 Å². The van der Waals surface area contributed by atoms with E-state index in [1.165, 1.54) is 11.2 Å². The molecule has 1 aromatic carbocycles. The summed E-state index contributed by atoms with van der Waals surface area (Å²) in [7, 11) is 0. The minimum absolute atomic E-state index is 0.000291. The fourth-order valence-electron chi connectivity index (χ4n) is 4.50. The molecule has 0 unspecified atom stereocenters. The number of benzene rings is 1. The van der Waals surface area contributed by atoms with Gasteiger partial charge in [0.15, 0.2) is 5.82 Å². The van der Waals surface area contributed by atoms with Gasteiger partial charge in [0.05, 0.1) is 38.3 Å². The summed E-state index contributed by atoms with van der Waals surface area (Å²) < 4.78 is 79.3. The first-order valence-corrected chi connectivity index (χ1v) is 11.3. The number of thiophene rings is 1. The smallest absolute Gasteiger partial charge is 0.365 e. The summed E-state index contributed by atoms with van der Waals surface area (Å²) in [5.74, 6) is -0.0228. The number of urea groups is 1. The second-order valence-electron chi connectivity index (χ2n) is 8.47. The van der Waals surface area contributed by atoms with E-state index in [1.807, 2.05) is 4.90 Å². The van der Waals surface area contributed by atoms with Crippen LogP contribution in [0.3, 0.4) is 0 Å². The van der Waals surface area contributed by atoms with Gasteiger partial charge in [-0.15, -0.1) is 11.3 Å². The van der Waals surface area contributed by atoms with Crippen LogP contribution in [-0.4, -0.2) is 52.0 Å². The Morgan fingerprint density at radius 1 is 0.972 bits per heavy atom. The monoisotopic (exact) mass is 530 g/mol. The highest BCUT2D eigenvalue weighted by Crippen LogP contribution is 2.42. The molecule has 2 bridgehead atoms. The largest absolute Gasteiger partial charge is 0.416 e. The Hall–Kier alpha value is -3.62. The number of fused-ring (bicyclic) bond motifs is 3. The number of nitrogens with two attached hydrogens (primary N) is 1. The van der Waals surface area contributed by atoms with Gasteiger partial charge in [0.25, 0.3) is 5.91 Å². The van der Waals surface area contributed by atoms with Gasteiger partial charge < -0.3 is 20.9 Å². The number of hydrogen-bond acceptors (Lipinski definition) is 6. The lowest BCUT2D eigenvalue weighted by molar-refractivity contribution is -0.143. The third-order valence-electron chi connectivity index (χ3n) is 6.10. The molecule has 3 N–H and O–H groups in total. The molecule has 0 radical (unpaired) electrons. The van der Waals surface area contributed by atoms with Crippen molar-refractivity contribution in [2.24, 2.45) is 5.73 Å². The number of nitrogens with one attached hydrogen (secondary N) is 1. The van der Waals surface area contributed by atoms with Crippen LogP contribution < -0.4 is 16.0 Å². The Morgan fingerprint density at radius 3 is 2.14 bits per heavy atom. The van der Waals surface area contributed by atoms with Crippen molar-refractivity contribution < 1.29 is 35.9 Å². The number of aromatic nitrogens is 2. The van der Waals surface area contributed by atoms with Gasteiger partial charge in [-0.1, -0.05) is 0 Å². The molecule has 3 amide bonds. The molecule has 3 saturated heterocycles. The Morgan fingerprint density at radius 2 is 1.58 bits per heavy atom. The van der Waals surface area contributed by atoms with E-state index < -0.39 is 41.1 Å². The van der Waals surface area contributed by atoms with Crippen LogP contribution in [-0.2, 0) is 12.4 Å². The van der Waals surface area contributed by atoms with Crippen LogP contribution in [0.25, 0.3) is 10.2 Å². The maximum absolute atomic E-state index is 13.1. The van der Waals surface area contributed by atoms with Crippen molar-refractivity contribution in [3.8, 4) is 0 Å². The van der Waals surface area contributed by atoms with E-state index in [9.17, 15) is 35.9 Å². The number of alkyl halides is 6. The van der Waals surface area contributed by atoms with Crippen LogP contribution in [0.2, 0.25) is 0 Å². The van der Waals surface area contributed by atoms with Gasteiger partial charge in [0, 0.05) is 18.8 Å². The molecular weight excluding hydrogens is 514 g/mol. The minimum Gasteiger partial charge on any atom is -0.365 e. The molecule has 3 aliphatic heterocycles. The van der Waals surface area contributed by atoms with Crippen molar-refractivity contribution >= 4 is 45.0 Å². The molecule has 2 aromatic heterocycles. The third kappa shape index (κ3) is 4.27. The molecule has 0 spiro atoms. The highest BCUT2D eigenvalue weighted by Gasteiger charge is 2.47. The van der Waals surface area contributed by atoms with Crippen molar-refractivity contribution in [1.29, 1.82) is 0 Å². The first-order chi connectivity index (χ1) is 16.8. The van der Waals surface area contributed by atoms with Crippen molar-refractivity contribution in [1.82, 2.24) is 14.9 Å². The van der Waals surface area contributed by atoms with Crippen molar-refractivity contribution in [3.05, 3.63) is 46.6 Å². The fourth-order valence-corrected chi connectivity index (χ4v) is 5.45. The summed E-state index contributed by atoms with van der Waals surface area (Å²) in [6, 6.07) is 1.33. The Labute approximate surface area is 202 Å². The summed E-state index contributed by atoms with van der Waals surface area (Å²) in [4.78, 5) is 36.4. The number of carbonyl (C=O) groups excluding carboxylic acids is 2. The molecule has 0 saturated carbocycles. The molecule has 2 atom stereocenters. The Balaban J connectivity index is 1.34. The minimum atomic E-state index is -5.02. The topological polar surface area (TPSA) is 104 Å². The van der Waals surface area contributed by atoms with Crippen LogP contribution in [0.1, 0.15) is 27.2 Å². The lowest BCUT2D eigenvalue weighted by Gasteiger charge is -2.56. The van der Waals surface area contributed by atoms with Gasteiger partial charge in [0.1, 0.15) is 6.33 Å². The highest BCUT2D eigenvalue weighted by molar-refractivity contribution is 7.21. The number of halogens is 6. The number of hydrogen-bond donors (Lipinski definition) is 2. The summed E-state index contributed by atoms with van der Waals surface area (Å²) in [6.45, 7) is 0.347. The van der Waals surface area contributed by atoms with Crippen LogP contribution in [0, 0.1) is 0 Å². The standard InChI is InChI=1S/C21H16F6N6O2S/c22-20(23,24)9-1-10(21(25,26)27)3-11(2-9)31-19(35)32-6-12-4-13(7-32)33(12)18-16-14(29-8-30-18)5-15(36-16)17(28)34/h1-3,5,8,12-13H,4,6-7H2,(H2,28,34)(H,31,35)/t12-,13+. The number of rotatable bonds is 3. The molecule has 190 valence electrons. The first-order valence-electron chi connectivity index (χ1n) is 10.5. The second-order valence-corrected chi connectivity index (χ2v) is 9.52. The summed E-state index contributed by atoms with van der Waals surface area (Å²) in [5.41, 5.74) is 2.27. The SMILES string of the molecule is NC(=O)c1cc2ncnc(N3[C@@H]4C[C@H]3CN(C(=O)Nc3cc(C(F)(F)F)cc(C(F)(F)F)c3)C4)c2s1. The van der Waals surface area contributed by atoms with Crippen LogP contribution in [0.4, 0.5) is 42.6 Å². The number of anilines is 2. The van der Waals surface area contributed by atoms with E-state index in [0.717, 1.165) is 11.3 Å². The number of piperidine rings is 1. The van der Waals surface area contributed by atoms with Crippen molar-refractivity contribution in [3.63, 3.8) is 0 Å². The maximum atomic E-state index is 13.1. The molecule has 3 aliphatic rings. The fraction of sp³-hybridized carbons (Fsp3) is 0.333. The molecule has 3 aromatic rings. The number of carbonyl (C=O) groups is 2. The van der Waals surface area contributed by atoms with E-state index in [-0.39, 0.29) is 31.2 Å². The van der Waals surface area contributed by atoms with E-state index in [1.54, 1.807) is 6.07 Å². The molecule has 8 nitrogen and oxygen atoms in total. The number of amides is 3. The van der Waals surface area contributed by atoms with Crippen LogP contribution >= 0.6 is 11.3 Å². The average molecular weight is 530 g/mol. The molecule has 5 heterocycles. The maximum Gasteiger partial charge on any atom is 0.416 e. The second kappa shape index (κ2) is 8.21. The van der Waals surface area contributed by atoms with Crippen LogP contribution in [0.15, 0.2) is 30.6 Å². The molecule has 6 rings (SSSR count). The third-order valence-corrected chi connectivity index (χ3v) is 7.23. The van der Waals surface area contributed by atoms with Gasteiger partial charge in [-0.05, 0) is 30.7 Å². The lowest BCUT2D eigenvalue weighted by atomic mass is 9.87. The van der Waals surface area contributed by atoms with E-state index in [0.29, 0.717) is 39.5 Å². The van der Waals surface area contributed by atoms with E-state index >= 15 is 0 Å². The normalized spacial score (nSPS) is 19.8. The zero-order valence-electron chi connectivity index (χ0n) is 18.0. The van der Waals surface area contributed by atoms with E-state index in [2.05, 4.69) is 15.3 Å². The summed E-state index contributed by atoms with van der Waals surface area (Å²) in [6.07, 6.45) is -7.98. The van der Waals surface area contributed by atoms with Gasteiger partial charge in [-0.25, -0.2) is 14.8 Å². The quantitative estimate of drug-likeness (QED) is 0.491. The predicted octanol–water partition coefficient (Wildman–Crippen LogP) is 4.32. The average Bonchev–Trinajstić information content (AvgIpc) is 3.23. The summed E-state index contributed by atoms with van der Waals surface area (Å²) >= 11 is 1.15. The van der Waals surface area contributed by atoms with Crippen molar-refractivity contribution in [2.75, 3.05) is 23.3 Å². The zero-order valence-corrected chi connectivity index (χ0v) is 18.8. The lowest BCUT2D eigenvalue weighted by Crippen LogP contribution is -2.70. The van der Waals surface area contributed by atoms with Gasteiger partial charge in [0.2, 0.25) is 0 Å². The van der Waals surface area contributed by atoms with Crippen molar-refractivity contribution in [2.45, 2.75) is 30.9 Å². The van der Waals surface area contributed by atoms with Crippen LogP contribution in [0.5, 0.6) is 0 Å². The van der Waals surface area contributed by atoms with Gasteiger partial charge in [-0.2, -0.15) is 26.3 Å². The number of nitrogens with zero attached hydrogens (tertiary/aromatic N) is 4. The zero-order chi connectivity index (χ0) is 26.0. The molecule has 0 aliphatic carbocycles. The highest BCUT2D eigenvalue weighted by atomic mass is 32.1.